The van der Waals surface area contributed by atoms with E-state index in [1.165, 1.54) is 0 Å². The molecule has 0 bridgehead atoms. The Morgan fingerprint density at radius 1 is 1.30 bits per heavy atom. The van der Waals surface area contributed by atoms with Crippen LogP contribution in [0.25, 0.3) is 0 Å². The number of nitrogens with zero attached hydrogens (tertiary/aromatic N) is 2. The first-order chi connectivity index (χ1) is 13.2. The molecule has 6 nitrogen and oxygen atoms in total. The van der Waals surface area contributed by atoms with Crippen LogP contribution in [0.15, 0.2) is 48.8 Å². The van der Waals surface area contributed by atoms with Crippen molar-refractivity contribution < 1.29 is 14.3 Å². The molecular weight excluding hydrogens is 342 g/mol. The van der Waals surface area contributed by atoms with Crippen LogP contribution in [0.5, 0.6) is 5.75 Å². The van der Waals surface area contributed by atoms with E-state index in [0.717, 1.165) is 29.7 Å². The molecule has 27 heavy (non-hydrogen) atoms. The fourth-order valence-corrected chi connectivity index (χ4v) is 3.36. The van der Waals surface area contributed by atoms with Crippen LogP contribution in [0.1, 0.15) is 24.0 Å². The lowest BCUT2D eigenvalue weighted by molar-refractivity contribution is -0.129. The van der Waals surface area contributed by atoms with Gasteiger partial charge in [-0.25, -0.2) is 0 Å². The van der Waals surface area contributed by atoms with Crippen molar-refractivity contribution in [1.82, 2.24) is 15.2 Å². The molecule has 0 aliphatic carbocycles. The number of para-hydroxylation sites is 1. The number of rotatable bonds is 8. The molecule has 142 valence electrons. The first kappa shape index (κ1) is 18.9. The molecule has 1 N–H and O–H groups in total. The standard InChI is InChI=1S/C21H25N3O3/c1-27-19-9-3-2-7-17(19)8-5-11-23-21(26)18-12-20(25)24(15-18)14-16-6-4-10-22-13-16/h2-4,6-7,9-10,13,18H,5,8,11-12,14-15H2,1H3,(H,23,26)/t18-/m0/s1. The monoisotopic (exact) mass is 367 g/mol. The van der Waals surface area contributed by atoms with Crippen LogP contribution in [-0.2, 0) is 22.6 Å². The molecule has 3 rings (SSSR count). The van der Waals surface area contributed by atoms with Gasteiger partial charge in [-0.1, -0.05) is 24.3 Å². The molecule has 0 saturated carbocycles. The Kier molecular flexibility index (Phi) is 6.41. The predicted octanol–water partition coefficient (Wildman–Crippen LogP) is 2.19. The maximum atomic E-state index is 12.4. The highest BCUT2D eigenvalue weighted by atomic mass is 16.5. The lowest BCUT2D eigenvalue weighted by atomic mass is 10.1. The molecule has 1 saturated heterocycles. The maximum Gasteiger partial charge on any atom is 0.225 e. The van der Waals surface area contributed by atoms with Crippen LogP contribution in [0.4, 0.5) is 0 Å². The number of aromatic nitrogens is 1. The second kappa shape index (κ2) is 9.16. The van der Waals surface area contributed by atoms with Crippen molar-refractivity contribution >= 4 is 11.8 Å². The van der Waals surface area contributed by atoms with Gasteiger partial charge < -0.3 is 15.0 Å². The Bertz CT molecular complexity index is 779. The second-order valence-corrected chi connectivity index (χ2v) is 6.74. The zero-order valence-corrected chi connectivity index (χ0v) is 15.6. The van der Waals surface area contributed by atoms with Crippen molar-refractivity contribution in [2.24, 2.45) is 5.92 Å². The van der Waals surface area contributed by atoms with Crippen molar-refractivity contribution in [2.75, 3.05) is 20.2 Å². The third kappa shape index (κ3) is 5.06. The first-order valence-corrected chi connectivity index (χ1v) is 9.23. The third-order valence-corrected chi connectivity index (χ3v) is 4.80. The van der Waals surface area contributed by atoms with Crippen molar-refractivity contribution in [3.63, 3.8) is 0 Å². The number of ether oxygens (including phenoxy) is 1. The van der Waals surface area contributed by atoms with E-state index in [9.17, 15) is 9.59 Å². The van der Waals surface area contributed by atoms with Gasteiger partial charge in [0.05, 0.1) is 13.0 Å². The van der Waals surface area contributed by atoms with Gasteiger partial charge in [0.1, 0.15) is 5.75 Å². The summed E-state index contributed by atoms with van der Waals surface area (Å²) in [5, 5.41) is 2.97. The highest BCUT2D eigenvalue weighted by Crippen LogP contribution is 2.21. The summed E-state index contributed by atoms with van der Waals surface area (Å²) in [6, 6.07) is 11.7. The summed E-state index contributed by atoms with van der Waals surface area (Å²) in [4.78, 5) is 30.4. The maximum absolute atomic E-state index is 12.4. The molecular formula is C21H25N3O3. The van der Waals surface area contributed by atoms with Crippen molar-refractivity contribution in [2.45, 2.75) is 25.8 Å². The van der Waals surface area contributed by atoms with Crippen molar-refractivity contribution in [1.29, 1.82) is 0 Å². The van der Waals surface area contributed by atoms with Gasteiger partial charge in [0.15, 0.2) is 0 Å². The van der Waals surface area contributed by atoms with Crippen molar-refractivity contribution in [3.8, 4) is 5.75 Å². The topological polar surface area (TPSA) is 71.5 Å². The summed E-state index contributed by atoms with van der Waals surface area (Å²) in [5.74, 6) is 0.571. The smallest absolute Gasteiger partial charge is 0.225 e. The highest BCUT2D eigenvalue weighted by Gasteiger charge is 2.33. The molecule has 6 heteroatoms. The van der Waals surface area contributed by atoms with Crippen LogP contribution in [0.3, 0.4) is 0 Å². The molecule has 0 spiro atoms. The normalized spacial score (nSPS) is 16.4. The number of carbonyl (C=O) groups is 2. The van der Waals surface area contributed by atoms with Crippen LogP contribution >= 0.6 is 0 Å². The molecule has 1 aliphatic heterocycles. The zero-order chi connectivity index (χ0) is 19.1. The van der Waals surface area contributed by atoms with Gasteiger partial charge in [0, 0.05) is 38.4 Å². The summed E-state index contributed by atoms with van der Waals surface area (Å²) in [5.41, 5.74) is 2.11. The summed E-state index contributed by atoms with van der Waals surface area (Å²) in [7, 11) is 1.66. The number of carbonyl (C=O) groups excluding carboxylic acids is 2. The van der Waals surface area contributed by atoms with Gasteiger partial charge in [0.2, 0.25) is 11.8 Å². The number of aryl methyl sites for hydroxylation is 1. The molecule has 1 aromatic carbocycles. The van der Waals surface area contributed by atoms with E-state index in [2.05, 4.69) is 10.3 Å². The second-order valence-electron chi connectivity index (χ2n) is 6.74. The molecule has 1 atom stereocenters. The van der Waals surface area contributed by atoms with E-state index < -0.39 is 0 Å². The molecule has 0 radical (unpaired) electrons. The van der Waals surface area contributed by atoms with Gasteiger partial charge in [-0.15, -0.1) is 0 Å². The average Bonchev–Trinajstić information content (AvgIpc) is 3.06. The molecule has 0 unspecified atom stereocenters. The fraction of sp³-hybridized carbons (Fsp3) is 0.381. The quantitative estimate of drug-likeness (QED) is 0.726. The largest absolute Gasteiger partial charge is 0.496 e. The van der Waals surface area contributed by atoms with Gasteiger partial charge in [0.25, 0.3) is 0 Å². The average molecular weight is 367 g/mol. The number of hydrogen-bond acceptors (Lipinski definition) is 4. The van der Waals surface area contributed by atoms with E-state index >= 15 is 0 Å². The number of likely N-dealkylation sites (tertiary alicyclic amines) is 1. The molecule has 1 fully saturated rings. The number of pyridine rings is 1. The van der Waals surface area contributed by atoms with Gasteiger partial charge in [-0.2, -0.15) is 0 Å². The lowest BCUT2D eigenvalue weighted by Crippen LogP contribution is -2.33. The van der Waals surface area contributed by atoms with Crippen LogP contribution in [0, 0.1) is 5.92 Å². The fourth-order valence-electron chi connectivity index (χ4n) is 3.36. The molecule has 2 amide bonds. The first-order valence-electron chi connectivity index (χ1n) is 9.23. The minimum absolute atomic E-state index is 0.0213. The van der Waals surface area contributed by atoms with E-state index in [1.54, 1.807) is 24.4 Å². The van der Waals surface area contributed by atoms with Crippen LogP contribution < -0.4 is 10.1 Å². The number of benzene rings is 1. The minimum atomic E-state index is -0.277. The number of hydrogen-bond donors (Lipinski definition) is 1. The van der Waals surface area contributed by atoms with Crippen LogP contribution in [-0.4, -0.2) is 41.9 Å². The molecule has 2 aromatic rings. The molecule has 2 heterocycles. The third-order valence-electron chi connectivity index (χ3n) is 4.80. The predicted molar refractivity (Wildman–Crippen MR) is 102 cm³/mol. The highest BCUT2D eigenvalue weighted by molar-refractivity contribution is 5.89. The van der Waals surface area contributed by atoms with E-state index in [0.29, 0.717) is 19.6 Å². The summed E-state index contributed by atoms with van der Waals surface area (Å²) < 4.78 is 5.34. The van der Waals surface area contributed by atoms with E-state index in [1.807, 2.05) is 36.4 Å². The van der Waals surface area contributed by atoms with Crippen LogP contribution in [0.2, 0.25) is 0 Å². The number of nitrogens with one attached hydrogen (secondary N) is 1. The van der Waals surface area contributed by atoms with Gasteiger partial charge >= 0.3 is 0 Å². The lowest BCUT2D eigenvalue weighted by Gasteiger charge is -2.16. The Labute approximate surface area is 159 Å². The van der Waals surface area contributed by atoms with E-state index in [4.69, 9.17) is 4.74 Å². The van der Waals surface area contributed by atoms with Crippen molar-refractivity contribution in [3.05, 3.63) is 59.9 Å². The Morgan fingerprint density at radius 2 is 2.15 bits per heavy atom. The van der Waals surface area contributed by atoms with Gasteiger partial charge in [-0.3, -0.25) is 14.6 Å². The van der Waals surface area contributed by atoms with E-state index in [-0.39, 0.29) is 24.2 Å². The molecule has 1 aromatic heterocycles. The Hall–Kier alpha value is -2.89. The SMILES string of the molecule is COc1ccccc1CCCNC(=O)[C@H]1CC(=O)N(Cc2cccnc2)C1. The Balaban J connectivity index is 1.43. The zero-order valence-electron chi connectivity index (χ0n) is 15.6. The van der Waals surface area contributed by atoms with Gasteiger partial charge in [-0.05, 0) is 36.1 Å². The summed E-state index contributed by atoms with van der Waals surface area (Å²) in [6.07, 6.45) is 5.39. The Morgan fingerprint density at radius 3 is 2.93 bits per heavy atom. The number of methoxy groups -OCH3 is 1. The number of amides is 2. The summed E-state index contributed by atoms with van der Waals surface area (Å²) >= 11 is 0. The minimum Gasteiger partial charge on any atom is -0.496 e. The summed E-state index contributed by atoms with van der Waals surface area (Å²) in [6.45, 7) is 1.56. The molecule has 1 aliphatic rings.